The highest BCUT2D eigenvalue weighted by atomic mass is 16.7. The molecule has 0 amide bonds. The second-order valence-electron chi connectivity index (χ2n) is 6.71. The Labute approximate surface area is 146 Å². The summed E-state index contributed by atoms with van der Waals surface area (Å²) in [5, 5.41) is 10.8. The average Bonchev–Trinajstić information content (AvgIpc) is 2.88. The summed E-state index contributed by atoms with van der Waals surface area (Å²) in [6.07, 6.45) is 2.33. The predicted octanol–water partition coefficient (Wildman–Crippen LogP) is 1.32. The molecular weight excluding hydrogens is 308 g/mol. The highest BCUT2D eigenvalue weighted by molar-refractivity contribution is 5.81. The van der Waals surface area contributed by atoms with Crippen molar-refractivity contribution in [2.75, 3.05) is 20.3 Å². The van der Waals surface area contributed by atoms with E-state index in [2.05, 4.69) is 6.58 Å². The number of carbonyl (C=O) groups is 1. The minimum atomic E-state index is -1.17. The number of hydrogen-bond donors (Lipinski definition) is 2. The first-order valence-electron chi connectivity index (χ1n) is 8.78. The van der Waals surface area contributed by atoms with Crippen LogP contribution in [-0.2, 0) is 14.3 Å². The third kappa shape index (κ3) is 4.64. The predicted molar refractivity (Wildman–Crippen MR) is 94.6 cm³/mol. The van der Waals surface area contributed by atoms with Crippen molar-refractivity contribution in [2.24, 2.45) is 11.7 Å². The summed E-state index contributed by atoms with van der Waals surface area (Å²) in [5.41, 5.74) is 5.25. The van der Waals surface area contributed by atoms with Gasteiger partial charge in [0.15, 0.2) is 6.29 Å². The van der Waals surface area contributed by atoms with Crippen LogP contribution in [0.3, 0.4) is 0 Å². The van der Waals surface area contributed by atoms with E-state index in [-0.39, 0.29) is 30.1 Å². The molecule has 0 aromatic rings. The van der Waals surface area contributed by atoms with Gasteiger partial charge in [-0.1, -0.05) is 13.0 Å². The summed E-state index contributed by atoms with van der Waals surface area (Å²) in [6.45, 7) is 12.0. The lowest BCUT2D eigenvalue weighted by Gasteiger charge is -2.40. The van der Waals surface area contributed by atoms with Crippen molar-refractivity contribution < 1.29 is 19.4 Å². The van der Waals surface area contributed by atoms with Crippen LogP contribution in [0, 0.1) is 5.92 Å². The number of carbonyl (C=O) groups excluding carboxylic acids is 1. The number of nitrogens with zero attached hydrogens (tertiary/aromatic N) is 1. The number of ether oxygens (including phenoxy) is 2. The van der Waals surface area contributed by atoms with Crippen LogP contribution in [0.5, 0.6) is 0 Å². The summed E-state index contributed by atoms with van der Waals surface area (Å²) >= 11 is 0. The molecule has 0 bridgehead atoms. The fraction of sp³-hybridized carbons (Fsp3) is 0.833. The molecular formula is C18H34N2O4. The van der Waals surface area contributed by atoms with Crippen LogP contribution in [0.25, 0.3) is 0 Å². The molecule has 3 N–H and O–H groups in total. The molecule has 6 heteroatoms. The number of nitrogens with two attached hydrogens (primary N) is 1. The van der Waals surface area contributed by atoms with Crippen LogP contribution >= 0.6 is 0 Å². The van der Waals surface area contributed by atoms with Gasteiger partial charge in [0.25, 0.3) is 0 Å². The molecule has 0 aromatic heterocycles. The van der Waals surface area contributed by atoms with Crippen molar-refractivity contribution >= 4 is 5.78 Å². The average molecular weight is 342 g/mol. The van der Waals surface area contributed by atoms with Crippen molar-refractivity contribution in [3.8, 4) is 0 Å². The van der Waals surface area contributed by atoms with Gasteiger partial charge in [-0.15, -0.1) is 6.58 Å². The molecule has 0 spiro atoms. The molecule has 0 aliphatic carbocycles. The van der Waals surface area contributed by atoms with Crippen LogP contribution in [-0.4, -0.2) is 66.1 Å². The van der Waals surface area contributed by atoms with Gasteiger partial charge in [-0.25, -0.2) is 0 Å². The molecule has 1 fully saturated rings. The van der Waals surface area contributed by atoms with Crippen LogP contribution in [0.2, 0.25) is 0 Å². The minimum absolute atomic E-state index is 0.0415. The van der Waals surface area contributed by atoms with E-state index in [1.807, 2.05) is 32.7 Å². The van der Waals surface area contributed by atoms with E-state index in [1.165, 1.54) is 6.08 Å². The summed E-state index contributed by atoms with van der Waals surface area (Å²) < 4.78 is 11.2. The molecule has 6 nitrogen and oxygen atoms in total. The number of Topliss-reactive ketones (excluding diaryl/α,β-unsaturated/α-hetero) is 1. The van der Waals surface area contributed by atoms with Gasteiger partial charge in [0.1, 0.15) is 5.78 Å². The van der Waals surface area contributed by atoms with Gasteiger partial charge in [-0.2, -0.15) is 0 Å². The lowest BCUT2D eigenvalue weighted by atomic mass is 9.82. The summed E-state index contributed by atoms with van der Waals surface area (Å²) in [4.78, 5) is 14.0. The largest absolute Gasteiger partial charge is 0.384 e. The van der Waals surface area contributed by atoms with E-state index in [0.29, 0.717) is 26.1 Å². The molecule has 24 heavy (non-hydrogen) atoms. The van der Waals surface area contributed by atoms with Crippen LogP contribution < -0.4 is 5.73 Å². The lowest BCUT2D eigenvalue weighted by Crippen LogP contribution is -2.59. The summed E-state index contributed by atoms with van der Waals surface area (Å²) in [7, 11) is 1.89. The Hall–Kier alpha value is -0.790. The number of aliphatic hydroxyl groups is 1. The molecule has 1 aliphatic rings. The summed E-state index contributed by atoms with van der Waals surface area (Å²) in [6, 6.07) is -0.927. The third-order valence-corrected chi connectivity index (χ3v) is 5.25. The van der Waals surface area contributed by atoms with Gasteiger partial charge >= 0.3 is 0 Å². The van der Waals surface area contributed by atoms with Crippen LogP contribution in [0.4, 0.5) is 0 Å². The van der Waals surface area contributed by atoms with E-state index >= 15 is 0 Å². The lowest BCUT2D eigenvalue weighted by molar-refractivity contribution is -0.138. The van der Waals surface area contributed by atoms with Crippen molar-refractivity contribution in [3.05, 3.63) is 12.7 Å². The molecule has 0 radical (unpaired) electrons. The summed E-state index contributed by atoms with van der Waals surface area (Å²) in [5.74, 6) is 0.147. The highest BCUT2D eigenvalue weighted by Gasteiger charge is 2.48. The monoisotopic (exact) mass is 342 g/mol. The molecule has 0 aromatic carbocycles. The van der Waals surface area contributed by atoms with Crippen molar-refractivity contribution in [1.29, 1.82) is 0 Å². The molecule has 6 atom stereocenters. The number of rotatable bonds is 10. The molecule has 1 aliphatic heterocycles. The quantitative estimate of drug-likeness (QED) is 0.460. The standard InChI is InChI=1S/C18H34N2O4/c1-7-18(22,8-2)17(19)16-14(11-24-13(5)23-9-3)10-15(12(4)21)20(16)6/h7,13-17,22H,1,8-11,19H2,2-6H3/t13?,14-,15+,16+,17?,18?/m0/s1. The van der Waals surface area contributed by atoms with E-state index in [1.54, 1.807) is 6.92 Å². The molecule has 0 saturated carbocycles. The Bertz CT molecular complexity index is 431. The van der Waals surface area contributed by atoms with Crippen LogP contribution in [0.15, 0.2) is 12.7 Å². The Morgan fingerprint density at radius 3 is 2.58 bits per heavy atom. The second-order valence-corrected chi connectivity index (χ2v) is 6.71. The Kier molecular flexibility index (Phi) is 8.02. The number of likely N-dealkylation sites (tertiary alicyclic amines) is 1. The molecule has 1 heterocycles. The van der Waals surface area contributed by atoms with E-state index in [4.69, 9.17) is 15.2 Å². The van der Waals surface area contributed by atoms with Gasteiger partial charge in [0, 0.05) is 18.6 Å². The Balaban J connectivity index is 2.96. The molecule has 1 saturated heterocycles. The topological polar surface area (TPSA) is 85.0 Å². The smallest absolute Gasteiger partial charge is 0.154 e. The van der Waals surface area contributed by atoms with E-state index in [9.17, 15) is 9.90 Å². The first kappa shape index (κ1) is 21.3. The SMILES string of the molecule is C=CC(O)(CC)C(N)[C@H]1[C@H](COC(C)OCC)C[C@H](C(C)=O)N1C. The maximum Gasteiger partial charge on any atom is 0.154 e. The van der Waals surface area contributed by atoms with Crippen molar-refractivity contribution in [1.82, 2.24) is 4.90 Å². The third-order valence-electron chi connectivity index (χ3n) is 5.25. The van der Waals surface area contributed by atoms with Gasteiger partial charge < -0.3 is 20.3 Å². The first-order valence-corrected chi connectivity index (χ1v) is 8.78. The van der Waals surface area contributed by atoms with E-state index in [0.717, 1.165) is 0 Å². The fourth-order valence-corrected chi connectivity index (χ4v) is 3.65. The van der Waals surface area contributed by atoms with E-state index < -0.39 is 11.6 Å². The first-order chi connectivity index (χ1) is 11.2. The van der Waals surface area contributed by atoms with Gasteiger partial charge in [-0.05, 0) is 40.7 Å². The van der Waals surface area contributed by atoms with Gasteiger partial charge in [0.2, 0.25) is 0 Å². The number of ketones is 1. The number of hydrogen-bond acceptors (Lipinski definition) is 6. The number of likely N-dealkylation sites (N-methyl/N-ethyl adjacent to an activating group) is 1. The highest BCUT2D eigenvalue weighted by Crippen LogP contribution is 2.35. The molecule has 3 unspecified atom stereocenters. The van der Waals surface area contributed by atoms with Crippen molar-refractivity contribution in [2.45, 2.75) is 70.6 Å². The van der Waals surface area contributed by atoms with Crippen LogP contribution in [0.1, 0.15) is 40.5 Å². The zero-order valence-corrected chi connectivity index (χ0v) is 15.7. The minimum Gasteiger partial charge on any atom is -0.384 e. The zero-order valence-electron chi connectivity index (χ0n) is 15.7. The van der Waals surface area contributed by atoms with Crippen molar-refractivity contribution in [3.63, 3.8) is 0 Å². The second kappa shape index (κ2) is 9.06. The Morgan fingerprint density at radius 2 is 2.12 bits per heavy atom. The van der Waals surface area contributed by atoms with Gasteiger partial charge in [-0.3, -0.25) is 9.69 Å². The zero-order chi connectivity index (χ0) is 18.5. The normalized spacial score (nSPS) is 29.9. The van der Waals surface area contributed by atoms with Gasteiger partial charge in [0.05, 0.1) is 24.3 Å². The maximum atomic E-state index is 12.0. The maximum absolute atomic E-state index is 12.0. The Morgan fingerprint density at radius 1 is 1.50 bits per heavy atom. The molecule has 140 valence electrons. The fourth-order valence-electron chi connectivity index (χ4n) is 3.65. The molecule has 1 rings (SSSR count).